The molecule has 3 heteroatoms. The molecule has 0 saturated carbocycles. The molecule has 2 aliphatic carbocycles. The quantitative estimate of drug-likeness (QED) is 0.373. The molecule has 0 unspecified atom stereocenters. The summed E-state index contributed by atoms with van der Waals surface area (Å²) in [5.74, 6) is 0. The van der Waals surface area contributed by atoms with E-state index in [1.165, 1.54) is 47.9 Å². The van der Waals surface area contributed by atoms with Gasteiger partial charge in [-0.2, -0.15) is 41.0 Å². The van der Waals surface area contributed by atoms with Gasteiger partial charge in [-0.1, -0.05) is 54.8 Å². The molecule has 0 saturated heterocycles. The van der Waals surface area contributed by atoms with E-state index in [0.29, 0.717) is 0 Å². The van der Waals surface area contributed by atoms with Gasteiger partial charge >= 0.3 is 25.8 Å². The van der Waals surface area contributed by atoms with E-state index in [0.717, 1.165) is 0 Å². The zero-order chi connectivity index (χ0) is 23.5. The van der Waals surface area contributed by atoms with Crippen molar-refractivity contribution in [2.75, 3.05) is 28.2 Å². The van der Waals surface area contributed by atoms with E-state index in [2.05, 4.69) is 68.0 Å². The molecule has 2 nitrogen and oxygen atoms in total. The molecule has 0 fully saturated rings. The largest absolute Gasteiger partial charge is 3.00 e. The molecule has 0 aromatic heterocycles. The molecule has 0 amide bonds. The SMILES string of the molecule is CN(C)[CH-]c1ccccc1.CN(C)[CH-]c1ccccc1.[Sc+3].c1ccc2c(c1)CC1=C2CCC[CH-]1. The van der Waals surface area contributed by atoms with Crippen LogP contribution >= 0.6 is 0 Å². The van der Waals surface area contributed by atoms with E-state index in [1.54, 1.807) is 11.1 Å². The second kappa shape index (κ2) is 14.9. The first-order valence-corrected chi connectivity index (χ1v) is 11.8. The fraction of sp³-hybridized carbons (Fsp3) is 0.258. The Morgan fingerprint density at radius 1 is 0.676 bits per heavy atom. The van der Waals surface area contributed by atoms with E-state index in [1.807, 2.05) is 74.4 Å². The molecule has 34 heavy (non-hydrogen) atoms. The molecule has 2 aliphatic rings. The third kappa shape index (κ3) is 9.21. The molecule has 0 N–H and O–H groups in total. The fourth-order valence-corrected chi connectivity index (χ4v) is 4.17. The Morgan fingerprint density at radius 3 is 1.71 bits per heavy atom. The molecule has 0 aliphatic heterocycles. The van der Waals surface area contributed by atoms with Gasteiger partial charge < -0.3 is 9.80 Å². The summed E-state index contributed by atoms with van der Waals surface area (Å²) in [7, 11) is 8.08. The van der Waals surface area contributed by atoms with Crippen molar-refractivity contribution in [2.24, 2.45) is 0 Å². The van der Waals surface area contributed by atoms with Crippen LogP contribution < -0.4 is 0 Å². The summed E-state index contributed by atoms with van der Waals surface area (Å²) in [6.45, 7) is 4.17. The molecule has 0 heterocycles. The van der Waals surface area contributed by atoms with Gasteiger partial charge in [-0.05, 0) is 34.6 Å². The first kappa shape index (κ1) is 28.0. The minimum atomic E-state index is 0. The second-order valence-electron chi connectivity index (χ2n) is 8.94. The summed E-state index contributed by atoms with van der Waals surface area (Å²) >= 11 is 0. The zero-order valence-corrected chi connectivity index (χ0v) is 22.9. The number of allylic oxidation sites excluding steroid dienone is 2. The normalized spacial score (nSPS) is 13.2. The Labute approximate surface area is 226 Å². The van der Waals surface area contributed by atoms with E-state index in [4.69, 9.17) is 0 Å². The number of hydrogen-bond donors (Lipinski definition) is 0. The van der Waals surface area contributed by atoms with Crippen molar-refractivity contribution in [2.45, 2.75) is 25.7 Å². The predicted molar refractivity (Wildman–Crippen MR) is 142 cm³/mol. The molecule has 3 aromatic carbocycles. The number of rotatable bonds is 4. The molecular formula is C31H37N2Sc. The van der Waals surface area contributed by atoms with Crippen LogP contribution in [0.15, 0.2) is 90.5 Å². The molecule has 0 bridgehead atoms. The van der Waals surface area contributed by atoms with E-state index in [9.17, 15) is 0 Å². The summed E-state index contributed by atoms with van der Waals surface area (Å²) in [6, 6.07) is 29.4. The molecule has 0 atom stereocenters. The first-order chi connectivity index (χ1) is 16.0. The van der Waals surface area contributed by atoms with Gasteiger partial charge in [0.25, 0.3) is 0 Å². The van der Waals surface area contributed by atoms with Crippen LogP contribution in [0.1, 0.15) is 41.5 Å². The molecule has 0 radical (unpaired) electrons. The van der Waals surface area contributed by atoms with Gasteiger partial charge in [0, 0.05) is 0 Å². The van der Waals surface area contributed by atoms with Crippen LogP contribution in [0.2, 0.25) is 0 Å². The van der Waals surface area contributed by atoms with Gasteiger partial charge in [-0.15, -0.1) is 49.3 Å². The molecule has 5 rings (SSSR count). The average molecular weight is 483 g/mol. The van der Waals surface area contributed by atoms with Crippen molar-refractivity contribution < 1.29 is 25.8 Å². The number of fused-ring (bicyclic) bond motifs is 2. The third-order valence-corrected chi connectivity index (χ3v) is 5.55. The standard InChI is InChI=1S/C13H13.2C9H12N.Sc/c1-3-7-12-10(5-1)9-11-6-2-4-8-13(11)12;2*1-10(2)8-9-6-4-3-5-7-9;/h1,3,5-7H,2,4,8-9H2;2*3-8H,1-2H3;/q3*-1;+3. The van der Waals surface area contributed by atoms with Crippen LogP contribution in [0.25, 0.3) is 5.57 Å². The third-order valence-electron chi connectivity index (χ3n) is 5.55. The smallest absolute Gasteiger partial charge is 0.339 e. The van der Waals surface area contributed by atoms with Crippen LogP contribution in [0.3, 0.4) is 0 Å². The van der Waals surface area contributed by atoms with E-state index >= 15 is 0 Å². The van der Waals surface area contributed by atoms with E-state index in [-0.39, 0.29) is 25.8 Å². The maximum atomic E-state index is 2.43. The maximum absolute atomic E-state index is 2.43. The van der Waals surface area contributed by atoms with Crippen LogP contribution in [-0.2, 0) is 32.3 Å². The van der Waals surface area contributed by atoms with Gasteiger partial charge in [0.2, 0.25) is 0 Å². The van der Waals surface area contributed by atoms with E-state index < -0.39 is 0 Å². The van der Waals surface area contributed by atoms with Crippen molar-refractivity contribution >= 4 is 5.57 Å². The van der Waals surface area contributed by atoms with Crippen LogP contribution in [0, 0.1) is 19.5 Å². The van der Waals surface area contributed by atoms with Crippen molar-refractivity contribution in [1.29, 1.82) is 0 Å². The zero-order valence-electron chi connectivity index (χ0n) is 21.1. The van der Waals surface area contributed by atoms with Crippen LogP contribution in [0.5, 0.6) is 0 Å². The Hall–Kier alpha value is -2.20. The molecular weight excluding hydrogens is 445 g/mol. The van der Waals surface area contributed by atoms with Gasteiger partial charge in [-0.3, -0.25) is 0 Å². The summed E-state index contributed by atoms with van der Waals surface area (Å²) in [5.41, 5.74) is 8.77. The Kier molecular flexibility index (Phi) is 12.3. The summed E-state index contributed by atoms with van der Waals surface area (Å²) in [4.78, 5) is 4.07. The van der Waals surface area contributed by atoms with Gasteiger partial charge in [-0.25, -0.2) is 12.0 Å². The monoisotopic (exact) mass is 482 g/mol. The van der Waals surface area contributed by atoms with Crippen molar-refractivity contribution in [3.8, 4) is 0 Å². The summed E-state index contributed by atoms with van der Waals surface area (Å²) in [6.07, 6.45) is 7.53. The average Bonchev–Trinajstić information content (AvgIpc) is 3.19. The molecule has 0 spiro atoms. The van der Waals surface area contributed by atoms with Crippen LogP contribution in [0.4, 0.5) is 0 Å². The predicted octanol–water partition coefficient (Wildman–Crippen LogP) is 6.90. The Balaban J connectivity index is 0.000000181. The van der Waals surface area contributed by atoms with Gasteiger partial charge in [0.15, 0.2) is 0 Å². The van der Waals surface area contributed by atoms with Crippen molar-refractivity contribution in [3.05, 3.63) is 132 Å². The maximum Gasteiger partial charge on any atom is 3.00 e. The second-order valence-corrected chi connectivity index (χ2v) is 8.94. The number of nitrogens with zero attached hydrogens (tertiary/aromatic N) is 2. The minimum Gasteiger partial charge on any atom is -0.339 e. The first-order valence-electron chi connectivity index (χ1n) is 11.8. The molecule has 174 valence electrons. The van der Waals surface area contributed by atoms with Gasteiger partial charge in [0.1, 0.15) is 0 Å². The van der Waals surface area contributed by atoms with Gasteiger partial charge in [0.05, 0.1) is 0 Å². The topological polar surface area (TPSA) is 6.48 Å². The minimum absolute atomic E-state index is 0. The summed E-state index contributed by atoms with van der Waals surface area (Å²) in [5, 5.41) is 0. The van der Waals surface area contributed by atoms with Crippen molar-refractivity contribution in [3.63, 3.8) is 0 Å². The number of hydrogen-bond acceptors (Lipinski definition) is 2. The fourth-order valence-electron chi connectivity index (χ4n) is 4.17. The molecule has 3 aromatic rings. The Morgan fingerprint density at radius 2 is 1.18 bits per heavy atom. The Bertz CT molecular complexity index is 949. The van der Waals surface area contributed by atoms with Crippen molar-refractivity contribution in [1.82, 2.24) is 9.80 Å². The number of benzene rings is 3. The van der Waals surface area contributed by atoms with Crippen LogP contribution in [-0.4, -0.2) is 38.0 Å². The summed E-state index contributed by atoms with van der Waals surface area (Å²) < 4.78 is 0.